The molecule has 24 heavy (non-hydrogen) atoms. The standard InChI is InChI=1S/C19H21NO4/c21-17(13-1-5-16(6-2-13)20(22)23)24-19-11-12-7-8-18(19,10-12)14-3-4-15(19)9-14/h1-2,5-6,12,14-15H,3-4,7-11H2/t12-,14-,15-,18+,19+/m0/s1. The minimum Gasteiger partial charge on any atom is -0.455 e. The fourth-order valence-electron chi connectivity index (χ4n) is 6.74. The maximum Gasteiger partial charge on any atom is 0.338 e. The molecule has 5 nitrogen and oxygen atoms in total. The number of rotatable bonds is 3. The Morgan fingerprint density at radius 1 is 1.12 bits per heavy atom. The van der Waals surface area contributed by atoms with Crippen LogP contribution in [0.1, 0.15) is 55.3 Å². The Bertz CT molecular complexity index is 729. The topological polar surface area (TPSA) is 69.4 Å². The highest BCUT2D eigenvalue weighted by Crippen LogP contribution is 2.76. The Morgan fingerprint density at radius 3 is 2.58 bits per heavy atom. The Morgan fingerprint density at radius 2 is 1.88 bits per heavy atom. The Balaban J connectivity index is 1.44. The number of nitro benzene ring substituents is 1. The molecule has 0 amide bonds. The van der Waals surface area contributed by atoms with E-state index < -0.39 is 4.92 Å². The largest absolute Gasteiger partial charge is 0.455 e. The minimum atomic E-state index is -0.450. The van der Waals surface area contributed by atoms with Crippen LogP contribution in [-0.4, -0.2) is 16.5 Å². The van der Waals surface area contributed by atoms with E-state index in [1.165, 1.54) is 62.8 Å². The van der Waals surface area contributed by atoms with E-state index in [2.05, 4.69) is 0 Å². The molecule has 4 bridgehead atoms. The summed E-state index contributed by atoms with van der Waals surface area (Å²) in [6.45, 7) is 0. The van der Waals surface area contributed by atoms with Crippen LogP contribution in [0.5, 0.6) is 0 Å². The molecule has 1 aromatic carbocycles. The lowest BCUT2D eigenvalue weighted by Gasteiger charge is -2.49. The van der Waals surface area contributed by atoms with Gasteiger partial charge in [0.1, 0.15) is 5.60 Å². The van der Waals surface area contributed by atoms with Gasteiger partial charge in [0, 0.05) is 17.5 Å². The summed E-state index contributed by atoms with van der Waals surface area (Å²) in [5.41, 5.74) is 0.408. The number of nitro groups is 1. The van der Waals surface area contributed by atoms with Crippen molar-refractivity contribution in [2.24, 2.45) is 23.2 Å². The van der Waals surface area contributed by atoms with Crippen LogP contribution >= 0.6 is 0 Å². The number of non-ortho nitro benzene ring substituents is 1. The normalized spacial score (nSPS) is 41.4. The van der Waals surface area contributed by atoms with Crippen LogP contribution in [0.2, 0.25) is 0 Å². The number of ether oxygens (including phenoxy) is 1. The molecular weight excluding hydrogens is 306 g/mol. The molecule has 5 rings (SSSR count). The summed E-state index contributed by atoms with van der Waals surface area (Å²) < 4.78 is 6.26. The van der Waals surface area contributed by atoms with E-state index in [4.69, 9.17) is 4.74 Å². The summed E-state index contributed by atoms with van der Waals surface area (Å²) in [7, 11) is 0. The number of nitrogens with zero attached hydrogens (tertiary/aromatic N) is 1. The number of carbonyl (C=O) groups excluding carboxylic acids is 1. The summed E-state index contributed by atoms with van der Waals surface area (Å²) in [4.78, 5) is 23.1. The lowest BCUT2D eigenvalue weighted by Crippen LogP contribution is -2.52. The lowest BCUT2D eigenvalue weighted by molar-refractivity contribution is -0.384. The molecule has 0 aliphatic heterocycles. The van der Waals surface area contributed by atoms with Crippen LogP contribution in [0.15, 0.2) is 24.3 Å². The van der Waals surface area contributed by atoms with Crippen molar-refractivity contribution in [3.05, 3.63) is 39.9 Å². The summed E-state index contributed by atoms with van der Waals surface area (Å²) >= 11 is 0. The summed E-state index contributed by atoms with van der Waals surface area (Å²) in [5.74, 6) is 1.68. The summed E-state index contributed by atoms with van der Waals surface area (Å²) in [6.07, 6.45) is 8.49. The zero-order valence-corrected chi connectivity index (χ0v) is 13.6. The average Bonchev–Trinajstić information content (AvgIpc) is 3.31. The molecule has 5 atom stereocenters. The van der Waals surface area contributed by atoms with Crippen LogP contribution in [0.4, 0.5) is 5.69 Å². The van der Waals surface area contributed by atoms with Gasteiger partial charge in [0.25, 0.3) is 5.69 Å². The number of esters is 1. The molecule has 0 aromatic heterocycles. The van der Waals surface area contributed by atoms with Crippen molar-refractivity contribution < 1.29 is 14.5 Å². The molecule has 0 radical (unpaired) electrons. The van der Waals surface area contributed by atoms with E-state index in [1.54, 1.807) is 0 Å². The SMILES string of the molecule is O=C(O[C@@]12C[C@H]3CC[C@@]1(C3)[C@H]1CC[C@H]2C1)c1ccc([N+](=O)[O-])cc1. The lowest BCUT2D eigenvalue weighted by atomic mass is 9.63. The first kappa shape index (κ1) is 14.4. The van der Waals surface area contributed by atoms with Gasteiger partial charge in [-0.1, -0.05) is 0 Å². The van der Waals surface area contributed by atoms with E-state index >= 15 is 0 Å². The Labute approximate surface area is 140 Å². The number of carbonyl (C=O) groups is 1. The second-order valence-electron chi connectivity index (χ2n) is 8.26. The van der Waals surface area contributed by atoms with Gasteiger partial charge in [-0.25, -0.2) is 4.79 Å². The van der Waals surface area contributed by atoms with Crippen molar-refractivity contribution in [3.8, 4) is 0 Å². The molecule has 4 aliphatic carbocycles. The average molecular weight is 327 g/mol. The predicted molar refractivity (Wildman–Crippen MR) is 86.5 cm³/mol. The maximum absolute atomic E-state index is 12.8. The second kappa shape index (κ2) is 4.58. The zero-order chi connectivity index (χ0) is 16.5. The van der Waals surface area contributed by atoms with E-state index in [9.17, 15) is 14.9 Å². The van der Waals surface area contributed by atoms with Gasteiger partial charge in [0.15, 0.2) is 0 Å². The Hall–Kier alpha value is -1.91. The third-order valence-corrected chi connectivity index (χ3v) is 7.55. The monoisotopic (exact) mass is 327 g/mol. The molecule has 4 aliphatic rings. The van der Waals surface area contributed by atoms with E-state index in [0.717, 1.165) is 18.3 Å². The number of fused-ring (bicyclic) bond motifs is 4. The molecule has 5 heteroatoms. The van der Waals surface area contributed by atoms with Gasteiger partial charge in [-0.05, 0) is 74.8 Å². The Kier molecular flexibility index (Phi) is 2.76. The fourth-order valence-corrected chi connectivity index (χ4v) is 6.74. The van der Waals surface area contributed by atoms with Gasteiger partial charge in [0.2, 0.25) is 0 Å². The van der Waals surface area contributed by atoms with Crippen LogP contribution in [0.3, 0.4) is 0 Å². The smallest absolute Gasteiger partial charge is 0.338 e. The molecule has 4 saturated carbocycles. The second-order valence-corrected chi connectivity index (χ2v) is 8.26. The molecule has 1 aromatic rings. The van der Waals surface area contributed by atoms with Crippen molar-refractivity contribution in [3.63, 3.8) is 0 Å². The number of hydrogen-bond donors (Lipinski definition) is 0. The highest BCUT2D eigenvalue weighted by atomic mass is 16.6. The highest BCUT2D eigenvalue weighted by Gasteiger charge is 2.75. The van der Waals surface area contributed by atoms with Crippen molar-refractivity contribution in [2.75, 3.05) is 0 Å². The van der Waals surface area contributed by atoms with Gasteiger partial charge < -0.3 is 4.74 Å². The van der Waals surface area contributed by atoms with Gasteiger partial charge in [-0.15, -0.1) is 0 Å². The molecule has 0 N–H and O–H groups in total. The summed E-state index contributed by atoms with van der Waals surface area (Å²) in [5, 5.41) is 10.8. The van der Waals surface area contributed by atoms with Gasteiger partial charge >= 0.3 is 5.97 Å². The molecule has 4 fully saturated rings. The van der Waals surface area contributed by atoms with Crippen molar-refractivity contribution in [1.82, 2.24) is 0 Å². The molecule has 126 valence electrons. The van der Waals surface area contributed by atoms with Gasteiger partial charge in [-0.3, -0.25) is 10.1 Å². The number of hydrogen-bond acceptors (Lipinski definition) is 4. The van der Waals surface area contributed by atoms with E-state index in [1.807, 2.05) is 0 Å². The van der Waals surface area contributed by atoms with Gasteiger partial charge in [-0.2, -0.15) is 0 Å². The molecular formula is C19H21NO4. The van der Waals surface area contributed by atoms with Gasteiger partial charge in [0.05, 0.1) is 10.5 Å². The van der Waals surface area contributed by atoms with Crippen molar-refractivity contribution >= 4 is 11.7 Å². The fraction of sp³-hybridized carbons (Fsp3) is 0.632. The first-order valence-corrected chi connectivity index (χ1v) is 9.02. The van der Waals surface area contributed by atoms with Crippen molar-refractivity contribution in [1.29, 1.82) is 0 Å². The number of benzene rings is 1. The molecule has 1 spiro atoms. The van der Waals surface area contributed by atoms with E-state index in [0.29, 0.717) is 11.5 Å². The third kappa shape index (κ3) is 1.63. The maximum atomic E-state index is 12.8. The predicted octanol–water partition coefficient (Wildman–Crippen LogP) is 4.11. The first-order valence-electron chi connectivity index (χ1n) is 9.02. The summed E-state index contributed by atoms with van der Waals surface area (Å²) in [6, 6.07) is 5.80. The molecule has 0 heterocycles. The van der Waals surface area contributed by atoms with Crippen LogP contribution in [0.25, 0.3) is 0 Å². The van der Waals surface area contributed by atoms with Crippen LogP contribution < -0.4 is 0 Å². The molecule has 0 saturated heterocycles. The first-order chi connectivity index (χ1) is 11.5. The van der Waals surface area contributed by atoms with Crippen LogP contribution in [0, 0.1) is 33.3 Å². The molecule has 0 unspecified atom stereocenters. The van der Waals surface area contributed by atoms with Crippen molar-refractivity contribution in [2.45, 2.75) is 50.5 Å². The van der Waals surface area contributed by atoms with Crippen LogP contribution in [-0.2, 0) is 4.74 Å². The quantitative estimate of drug-likeness (QED) is 0.476. The van der Waals surface area contributed by atoms with E-state index in [-0.39, 0.29) is 22.7 Å². The highest BCUT2D eigenvalue weighted by molar-refractivity contribution is 5.90. The zero-order valence-electron chi connectivity index (χ0n) is 13.6. The third-order valence-electron chi connectivity index (χ3n) is 7.55. The minimum absolute atomic E-state index is 0.000954.